The summed E-state index contributed by atoms with van der Waals surface area (Å²) in [5, 5.41) is -1.08. The summed E-state index contributed by atoms with van der Waals surface area (Å²) in [6.07, 6.45) is 2.07. The second-order valence-corrected chi connectivity index (χ2v) is 9.02. The third-order valence-corrected chi connectivity index (χ3v) is 6.03. The van der Waals surface area contributed by atoms with E-state index < -0.39 is 31.4 Å². The largest absolute Gasteiger partial charge is 1.00 e. The molecule has 2 aliphatic rings. The van der Waals surface area contributed by atoms with Gasteiger partial charge in [0, 0.05) is 25.2 Å². The molecule has 0 bridgehead atoms. The van der Waals surface area contributed by atoms with E-state index in [-0.39, 0.29) is 42.0 Å². The topological polar surface area (TPSA) is 116 Å². The Morgan fingerprint density at radius 2 is 1.73 bits per heavy atom. The van der Waals surface area contributed by atoms with Crippen LogP contribution in [0.3, 0.4) is 0 Å². The average Bonchev–Trinajstić information content (AvgIpc) is 2.37. The predicted molar refractivity (Wildman–Crippen MR) is 75.3 cm³/mol. The Morgan fingerprint density at radius 1 is 1.14 bits per heavy atom. The molecule has 3 atom stereocenters. The molecule has 1 N–H and O–H groups in total. The first-order chi connectivity index (χ1) is 9.67. The maximum Gasteiger partial charge on any atom is 1.00 e. The van der Waals surface area contributed by atoms with Gasteiger partial charge in [-0.25, -0.2) is 21.6 Å². The number of rotatable bonds is 4. The average molecular weight is 364 g/mol. The molecule has 1 aliphatic carbocycles. The van der Waals surface area contributed by atoms with Gasteiger partial charge in [-0.2, -0.15) is 0 Å². The maximum atomic E-state index is 11.6. The second-order valence-electron chi connectivity index (χ2n) is 5.65. The monoisotopic (exact) mass is 364 g/mol. The van der Waals surface area contributed by atoms with E-state index >= 15 is 0 Å². The number of morpholine rings is 1. The first kappa shape index (κ1) is 20.8. The van der Waals surface area contributed by atoms with Crippen molar-refractivity contribution >= 4 is 20.1 Å². The molecule has 3 unspecified atom stereocenters. The Labute approximate surface area is 154 Å². The van der Waals surface area contributed by atoms with E-state index in [2.05, 4.69) is 4.72 Å². The van der Waals surface area contributed by atoms with Gasteiger partial charge in [0.15, 0.2) is 0 Å². The molecule has 124 valence electrons. The molecule has 1 heterocycles. The molecule has 0 aromatic heterocycles. The molecule has 2 rings (SSSR count). The number of hydrogen-bond donors (Lipinski definition) is 1. The van der Waals surface area contributed by atoms with Crippen molar-refractivity contribution in [3.63, 3.8) is 0 Å². The van der Waals surface area contributed by atoms with Crippen molar-refractivity contribution < 1.29 is 55.7 Å². The molecule has 1 saturated heterocycles. The minimum absolute atomic E-state index is 0. The summed E-state index contributed by atoms with van der Waals surface area (Å²) in [6.45, 7) is 2.24. The van der Waals surface area contributed by atoms with E-state index in [9.17, 15) is 21.4 Å². The summed E-state index contributed by atoms with van der Waals surface area (Å²) >= 11 is 0. The molecule has 2 fully saturated rings. The van der Waals surface area contributed by atoms with Crippen molar-refractivity contribution in [1.29, 1.82) is 0 Å². The molecular weight excluding hydrogens is 343 g/mol. The van der Waals surface area contributed by atoms with Crippen molar-refractivity contribution in [3.8, 4) is 0 Å². The zero-order valence-electron chi connectivity index (χ0n) is 12.9. The summed E-state index contributed by atoms with van der Waals surface area (Å²) in [7, 11) is -7.90. The van der Waals surface area contributed by atoms with Gasteiger partial charge >= 0.3 is 29.6 Å². The van der Waals surface area contributed by atoms with Crippen molar-refractivity contribution in [3.05, 3.63) is 0 Å². The van der Waals surface area contributed by atoms with E-state index in [0.29, 0.717) is 39.1 Å². The van der Waals surface area contributed by atoms with Gasteiger partial charge in [-0.15, -0.1) is 0 Å². The van der Waals surface area contributed by atoms with Crippen LogP contribution in [0.2, 0.25) is 0 Å². The predicted octanol–water partition coefficient (Wildman–Crippen LogP) is -4.29. The van der Waals surface area contributed by atoms with Gasteiger partial charge in [0.1, 0.15) is 0 Å². The smallest absolute Gasteiger partial charge is 0.748 e. The van der Waals surface area contributed by atoms with Crippen LogP contribution in [0.5, 0.6) is 0 Å². The van der Waals surface area contributed by atoms with Gasteiger partial charge in [0.25, 0.3) is 0 Å². The van der Waals surface area contributed by atoms with Crippen molar-refractivity contribution in [2.75, 3.05) is 32.6 Å². The van der Waals surface area contributed by atoms with Gasteiger partial charge in [0.2, 0.25) is 10.0 Å². The van der Waals surface area contributed by atoms with Crippen LogP contribution >= 0.6 is 0 Å². The van der Waals surface area contributed by atoms with Gasteiger partial charge in [-0.1, -0.05) is 0 Å². The molecular formula is C11H21N2NaO6S2. The standard InChI is InChI=1S/C11H22N2O6S2.Na/c1-20(14,15)12-9-2-3-10(11(8-9)21(16,17)18)13-4-6-19-7-5-13;/h9-12H,2-8H2,1H3,(H,16,17,18);/q;+1/p-1. The number of nitrogens with zero attached hydrogens (tertiary/aromatic N) is 1. The van der Waals surface area contributed by atoms with E-state index in [0.717, 1.165) is 6.26 Å². The third-order valence-electron chi connectivity index (χ3n) is 4.02. The molecule has 0 amide bonds. The summed E-state index contributed by atoms with van der Waals surface area (Å²) in [5.41, 5.74) is 0. The number of ether oxygens (including phenoxy) is 1. The first-order valence-electron chi connectivity index (χ1n) is 6.90. The summed E-state index contributed by atoms with van der Waals surface area (Å²) in [5.74, 6) is 0. The molecule has 8 nitrogen and oxygen atoms in total. The zero-order chi connectivity index (χ0) is 15.7. The number of hydrogen-bond acceptors (Lipinski definition) is 7. The van der Waals surface area contributed by atoms with E-state index in [4.69, 9.17) is 4.74 Å². The van der Waals surface area contributed by atoms with Gasteiger partial charge in [0.05, 0.1) is 34.8 Å². The van der Waals surface area contributed by atoms with Crippen LogP contribution in [0, 0.1) is 0 Å². The second kappa shape index (κ2) is 8.21. The Bertz CT molecular complexity index is 561. The van der Waals surface area contributed by atoms with Crippen LogP contribution < -0.4 is 34.3 Å². The number of sulfonamides is 1. The fourth-order valence-electron chi connectivity index (χ4n) is 3.16. The van der Waals surface area contributed by atoms with Gasteiger partial charge < -0.3 is 9.29 Å². The Balaban J connectivity index is 0.00000242. The molecule has 0 radical (unpaired) electrons. The molecule has 11 heteroatoms. The Hall–Kier alpha value is 0.740. The van der Waals surface area contributed by atoms with Crippen LogP contribution in [-0.2, 0) is 24.9 Å². The summed E-state index contributed by atoms with van der Waals surface area (Å²) in [4.78, 5) is 1.97. The Morgan fingerprint density at radius 3 is 2.23 bits per heavy atom. The van der Waals surface area contributed by atoms with Crippen LogP contribution in [0.1, 0.15) is 19.3 Å². The molecule has 0 aromatic carbocycles. The van der Waals surface area contributed by atoms with Crippen molar-refractivity contribution in [2.24, 2.45) is 0 Å². The first-order valence-corrected chi connectivity index (χ1v) is 10.3. The van der Waals surface area contributed by atoms with Gasteiger partial charge in [-0.3, -0.25) is 4.90 Å². The third kappa shape index (κ3) is 5.99. The Kier molecular flexibility index (Phi) is 7.76. The van der Waals surface area contributed by atoms with Crippen molar-refractivity contribution in [2.45, 2.75) is 36.6 Å². The van der Waals surface area contributed by atoms with Crippen LogP contribution in [-0.4, -0.2) is 76.2 Å². The van der Waals surface area contributed by atoms with Crippen LogP contribution in [0.25, 0.3) is 0 Å². The number of nitrogens with one attached hydrogen (secondary N) is 1. The van der Waals surface area contributed by atoms with Crippen molar-refractivity contribution in [1.82, 2.24) is 9.62 Å². The van der Waals surface area contributed by atoms with Crippen LogP contribution in [0.4, 0.5) is 0 Å². The maximum absolute atomic E-state index is 11.6. The van der Waals surface area contributed by atoms with Crippen LogP contribution in [0.15, 0.2) is 0 Å². The van der Waals surface area contributed by atoms with E-state index in [1.165, 1.54) is 0 Å². The van der Waals surface area contributed by atoms with E-state index in [1.54, 1.807) is 0 Å². The quantitative estimate of drug-likeness (QED) is 0.396. The normalized spacial score (nSPS) is 31.5. The fourth-order valence-corrected chi connectivity index (χ4v) is 5.14. The summed E-state index contributed by atoms with van der Waals surface area (Å²) < 4.78 is 64.9. The SMILES string of the molecule is CS(=O)(=O)NC1CCC(N2CCOCC2)C(S(=O)(=O)[O-])C1.[Na+]. The molecule has 22 heavy (non-hydrogen) atoms. The summed E-state index contributed by atoms with van der Waals surface area (Å²) in [6, 6.07) is -0.847. The fraction of sp³-hybridized carbons (Fsp3) is 1.00. The minimum Gasteiger partial charge on any atom is -0.748 e. The molecule has 0 spiro atoms. The minimum atomic E-state index is -4.48. The molecule has 1 saturated carbocycles. The van der Waals surface area contributed by atoms with Gasteiger partial charge in [-0.05, 0) is 19.3 Å². The zero-order valence-corrected chi connectivity index (χ0v) is 16.5. The molecule has 0 aromatic rings. The molecule has 1 aliphatic heterocycles. The van der Waals surface area contributed by atoms with E-state index in [1.807, 2.05) is 4.90 Å².